The molecule has 104 valence electrons. The molecule has 2 aliphatic rings. The van der Waals surface area contributed by atoms with Gasteiger partial charge in [0.1, 0.15) is 0 Å². The smallest absolute Gasteiger partial charge is 0.422 e. The van der Waals surface area contributed by atoms with Gasteiger partial charge in [-0.25, -0.2) is 13.6 Å². The number of hydrogen-bond acceptors (Lipinski definition) is 2. The van der Waals surface area contributed by atoms with E-state index in [0.29, 0.717) is 0 Å². The van der Waals surface area contributed by atoms with Gasteiger partial charge in [-0.15, -0.1) is 0 Å². The van der Waals surface area contributed by atoms with Crippen LogP contribution in [0.2, 0.25) is 0 Å². The van der Waals surface area contributed by atoms with Gasteiger partial charge in [0.25, 0.3) is 5.92 Å². The molecule has 0 aromatic rings. The van der Waals surface area contributed by atoms with E-state index in [9.17, 15) is 26.7 Å². The summed E-state index contributed by atoms with van der Waals surface area (Å²) >= 11 is 0. The van der Waals surface area contributed by atoms with Crippen LogP contribution < -0.4 is 0 Å². The Kier molecular flexibility index (Phi) is 2.94. The zero-order valence-corrected chi connectivity index (χ0v) is 9.40. The molecule has 0 bridgehead atoms. The maximum atomic E-state index is 13.0. The number of hydrogen-bond donors (Lipinski definition) is 0. The van der Waals surface area contributed by atoms with Gasteiger partial charge >= 0.3 is 12.3 Å². The molecule has 1 amide bonds. The molecule has 0 atom stereocenters. The van der Waals surface area contributed by atoms with Crippen LogP contribution in [0.1, 0.15) is 19.3 Å². The van der Waals surface area contributed by atoms with E-state index in [0.717, 1.165) is 4.90 Å². The fourth-order valence-corrected chi connectivity index (χ4v) is 2.28. The van der Waals surface area contributed by atoms with Gasteiger partial charge in [-0.3, -0.25) is 0 Å². The van der Waals surface area contributed by atoms with E-state index in [1.165, 1.54) is 0 Å². The highest BCUT2D eigenvalue weighted by atomic mass is 19.4. The van der Waals surface area contributed by atoms with Crippen LogP contribution in [0.5, 0.6) is 0 Å². The Morgan fingerprint density at radius 3 is 2.11 bits per heavy atom. The van der Waals surface area contributed by atoms with Gasteiger partial charge in [-0.1, -0.05) is 0 Å². The first-order valence-corrected chi connectivity index (χ1v) is 5.52. The SMILES string of the molecule is O=C(OCC(F)(F)F)N1CCC2(CC1)CC2(F)F. The van der Waals surface area contributed by atoms with E-state index in [4.69, 9.17) is 0 Å². The zero-order chi connectivity index (χ0) is 13.6. The number of likely N-dealkylation sites (tertiary alicyclic amines) is 1. The number of piperidine rings is 1. The number of alkyl halides is 5. The van der Waals surface area contributed by atoms with Crippen LogP contribution in [-0.4, -0.2) is 42.8 Å². The minimum Gasteiger partial charge on any atom is -0.440 e. The lowest BCUT2D eigenvalue weighted by Gasteiger charge is -2.31. The molecule has 1 aliphatic heterocycles. The molecule has 2 fully saturated rings. The predicted molar refractivity (Wildman–Crippen MR) is 50.2 cm³/mol. The van der Waals surface area contributed by atoms with Crippen molar-refractivity contribution in [2.24, 2.45) is 5.41 Å². The number of carbonyl (C=O) groups excluding carboxylic acids is 1. The average Bonchev–Trinajstić information content (AvgIpc) is 2.76. The van der Waals surface area contributed by atoms with Gasteiger partial charge in [0, 0.05) is 24.9 Å². The lowest BCUT2D eigenvalue weighted by atomic mass is 9.93. The van der Waals surface area contributed by atoms with Crippen LogP contribution in [0, 0.1) is 5.41 Å². The first-order chi connectivity index (χ1) is 8.15. The molecule has 1 saturated heterocycles. The monoisotopic (exact) mass is 273 g/mol. The molecule has 1 heterocycles. The molecule has 0 unspecified atom stereocenters. The number of rotatable bonds is 1. The Morgan fingerprint density at radius 1 is 1.22 bits per heavy atom. The van der Waals surface area contributed by atoms with Crippen LogP contribution in [-0.2, 0) is 4.74 Å². The summed E-state index contributed by atoms with van der Waals surface area (Å²) in [5, 5.41) is 0. The number of nitrogens with zero attached hydrogens (tertiary/aromatic N) is 1. The van der Waals surface area contributed by atoms with Crippen LogP contribution in [0.25, 0.3) is 0 Å². The molecule has 3 nitrogen and oxygen atoms in total. The summed E-state index contributed by atoms with van der Waals surface area (Å²) in [5.74, 6) is -2.69. The minimum absolute atomic E-state index is 0.0201. The van der Waals surface area contributed by atoms with Crippen LogP contribution in [0.4, 0.5) is 26.7 Å². The van der Waals surface area contributed by atoms with Crippen molar-refractivity contribution in [3.63, 3.8) is 0 Å². The molecular formula is C10H12F5NO2. The summed E-state index contributed by atoms with van der Waals surface area (Å²) < 4.78 is 65.6. The Bertz CT molecular complexity index is 347. The topological polar surface area (TPSA) is 29.5 Å². The summed E-state index contributed by atoms with van der Waals surface area (Å²) in [6, 6.07) is 0. The Hall–Kier alpha value is -1.08. The third-order valence-electron chi connectivity index (χ3n) is 3.55. The van der Waals surface area contributed by atoms with Crippen molar-refractivity contribution in [2.45, 2.75) is 31.4 Å². The lowest BCUT2D eigenvalue weighted by molar-refractivity contribution is -0.162. The van der Waals surface area contributed by atoms with Crippen LogP contribution >= 0.6 is 0 Å². The fourth-order valence-electron chi connectivity index (χ4n) is 2.28. The number of amides is 1. The van der Waals surface area contributed by atoms with Crippen LogP contribution in [0.3, 0.4) is 0 Å². The fraction of sp³-hybridized carbons (Fsp3) is 0.900. The van der Waals surface area contributed by atoms with Crippen molar-refractivity contribution < 1.29 is 31.5 Å². The summed E-state index contributed by atoms with van der Waals surface area (Å²) in [4.78, 5) is 12.3. The second kappa shape index (κ2) is 3.96. The van der Waals surface area contributed by atoms with Gasteiger partial charge in [-0.05, 0) is 12.8 Å². The van der Waals surface area contributed by atoms with E-state index < -0.39 is 30.2 Å². The highest BCUT2D eigenvalue weighted by molar-refractivity contribution is 5.67. The van der Waals surface area contributed by atoms with E-state index in [-0.39, 0.29) is 32.4 Å². The van der Waals surface area contributed by atoms with E-state index in [1.807, 2.05) is 0 Å². The zero-order valence-electron chi connectivity index (χ0n) is 9.40. The van der Waals surface area contributed by atoms with Crippen molar-refractivity contribution >= 4 is 6.09 Å². The normalized spacial score (nSPS) is 25.1. The summed E-state index contributed by atoms with van der Waals surface area (Å²) in [5.41, 5.74) is -1.03. The quantitative estimate of drug-likeness (QED) is 0.687. The van der Waals surface area contributed by atoms with Crippen molar-refractivity contribution in [3.05, 3.63) is 0 Å². The molecule has 1 aliphatic carbocycles. The average molecular weight is 273 g/mol. The van der Waals surface area contributed by atoms with Gasteiger partial charge < -0.3 is 9.64 Å². The van der Waals surface area contributed by atoms with Gasteiger partial charge in [0.05, 0.1) is 0 Å². The molecule has 8 heteroatoms. The first-order valence-electron chi connectivity index (χ1n) is 5.52. The molecule has 18 heavy (non-hydrogen) atoms. The molecule has 0 aromatic heterocycles. The summed E-state index contributed by atoms with van der Waals surface area (Å²) in [6.07, 6.45) is -5.63. The van der Waals surface area contributed by atoms with Gasteiger partial charge in [0.15, 0.2) is 6.61 Å². The van der Waals surface area contributed by atoms with Crippen molar-refractivity contribution in [1.29, 1.82) is 0 Å². The minimum atomic E-state index is -4.57. The maximum Gasteiger partial charge on any atom is 0.422 e. The molecule has 0 radical (unpaired) electrons. The molecular weight excluding hydrogens is 261 g/mol. The number of ether oxygens (including phenoxy) is 1. The first kappa shape index (κ1) is 13.4. The molecule has 0 aromatic carbocycles. The summed E-state index contributed by atoms with van der Waals surface area (Å²) in [7, 11) is 0. The molecule has 1 saturated carbocycles. The molecule has 2 rings (SSSR count). The van der Waals surface area contributed by atoms with Crippen LogP contribution in [0.15, 0.2) is 0 Å². The van der Waals surface area contributed by atoms with Gasteiger partial charge in [0.2, 0.25) is 0 Å². The van der Waals surface area contributed by atoms with Crippen molar-refractivity contribution in [3.8, 4) is 0 Å². The van der Waals surface area contributed by atoms with Crippen molar-refractivity contribution in [2.75, 3.05) is 19.7 Å². The number of carbonyl (C=O) groups is 1. The third kappa shape index (κ3) is 2.51. The maximum absolute atomic E-state index is 13.0. The highest BCUT2D eigenvalue weighted by Gasteiger charge is 2.70. The van der Waals surface area contributed by atoms with Gasteiger partial charge in [-0.2, -0.15) is 13.2 Å². The Morgan fingerprint density at radius 2 is 1.72 bits per heavy atom. The largest absolute Gasteiger partial charge is 0.440 e. The lowest BCUT2D eigenvalue weighted by Crippen LogP contribution is -2.41. The highest BCUT2D eigenvalue weighted by Crippen LogP contribution is 2.65. The predicted octanol–water partition coefficient (Wildman–Crippen LogP) is 2.81. The Labute approximate surface area is 99.9 Å². The van der Waals surface area contributed by atoms with E-state index >= 15 is 0 Å². The van der Waals surface area contributed by atoms with E-state index in [2.05, 4.69) is 4.74 Å². The molecule has 0 N–H and O–H groups in total. The molecule has 1 spiro atoms. The van der Waals surface area contributed by atoms with E-state index in [1.54, 1.807) is 0 Å². The standard InChI is InChI=1S/C10H12F5NO2/c11-9(12)5-8(9)1-3-16(4-2-8)7(17)18-6-10(13,14)15/h1-6H2. The van der Waals surface area contributed by atoms with Crippen molar-refractivity contribution in [1.82, 2.24) is 4.90 Å². The second-order valence-corrected chi connectivity index (χ2v) is 4.82. The summed E-state index contributed by atoms with van der Waals surface area (Å²) in [6.45, 7) is -1.61. The Balaban J connectivity index is 1.78. The number of halogens is 5. The third-order valence-corrected chi connectivity index (χ3v) is 3.55. The second-order valence-electron chi connectivity index (χ2n) is 4.82.